The van der Waals surface area contributed by atoms with Crippen molar-refractivity contribution in [3.63, 3.8) is 0 Å². The molecule has 6 heteroatoms. The highest BCUT2D eigenvalue weighted by Crippen LogP contribution is 2.23. The molecule has 0 fully saturated rings. The lowest BCUT2D eigenvalue weighted by molar-refractivity contribution is 0.432. The Morgan fingerprint density at radius 3 is 2.81 bits per heavy atom. The third kappa shape index (κ3) is 2.66. The molecule has 0 saturated carbocycles. The molecule has 5 nitrogen and oxygen atoms in total. The number of hydrogen-bond donors (Lipinski definition) is 1. The van der Waals surface area contributed by atoms with Crippen molar-refractivity contribution in [2.24, 2.45) is 5.73 Å². The van der Waals surface area contributed by atoms with Gasteiger partial charge in [-0.2, -0.15) is 4.98 Å². The van der Waals surface area contributed by atoms with Crippen molar-refractivity contribution in [1.29, 1.82) is 0 Å². The first-order valence-corrected chi connectivity index (χ1v) is 6.43. The van der Waals surface area contributed by atoms with Gasteiger partial charge in [0, 0.05) is 23.9 Å². The van der Waals surface area contributed by atoms with Gasteiger partial charge in [0.1, 0.15) is 5.82 Å². The van der Waals surface area contributed by atoms with Crippen molar-refractivity contribution < 1.29 is 8.91 Å². The summed E-state index contributed by atoms with van der Waals surface area (Å²) in [6.07, 6.45) is 1.63. The Morgan fingerprint density at radius 1 is 1.19 bits per heavy atom. The van der Waals surface area contributed by atoms with Gasteiger partial charge in [0.05, 0.1) is 5.69 Å². The van der Waals surface area contributed by atoms with Crippen molar-refractivity contribution in [2.75, 3.05) is 0 Å². The molecule has 0 spiro atoms. The molecule has 0 aliphatic heterocycles. The van der Waals surface area contributed by atoms with E-state index in [2.05, 4.69) is 15.1 Å². The Kier molecular flexibility index (Phi) is 3.45. The molecular formula is C15H13FN4O. The maximum absolute atomic E-state index is 13.6. The van der Waals surface area contributed by atoms with E-state index in [1.165, 1.54) is 6.07 Å². The van der Waals surface area contributed by atoms with Crippen LogP contribution in [0, 0.1) is 12.7 Å². The molecule has 106 valence electrons. The molecule has 21 heavy (non-hydrogen) atoms. The third-order valence-corrected chi connectivity index (χ3v) is 3.13. The Labute approximate surface area is 120 Å². The standard InChI is InChI=1S/C15H13FN4O/c1-9-2-3-10(7-13(9)16)14-19-15(21-20-14)11-4-5-18-12(6-11)8-17/h2-7H,8,17H2,1H3. The molecule has 1 aromatic carbocycles. The average molecular weight is 284 g/mol. The molecule has 3 aromatic rings. The number of rotatable bonds is 3. The number of aryl methyl sites for hydroxylation is 1. The summed E-state index contributed by atoms with van der Waals surface area (Å²) in [6.45, 7) is 2.03. The van der Waals surface area contributed by atoms with Crippen molar-refractivity contribution in [3.05, 3.63) is 53.6 Å². The second-order valence-corrected chi connectivity index (χ2v) is 4.63. The lowest BCUT2D eigenvalue weighted by Crippen LogP contribution is -1.98. The fourth-order valence-electron chi connectivity index (χ4n) is 1.91. The molecule has 2 heterocycles. The number of benzene rings is 1. The monoisotopic (exact) mass is 284 g/mol. The van der Waals surface area contributed by atoms with Gasteiger partial charge in [-0.25, -0.2) is 4.39 Å². The van der Waals surface area contributed by atoms with Gasteiger partial charge in [0.25, 0.3) is 5.89 Å². The summed E-state index contributed by atoms with van der Waals surface area (Å²) < 4.78 is 18.8. The van der Waals surface area contributed by atoms with E-state index in [1.807, 2.05) is 0 Å². The van der Waals surface area contributed by atoms with Gasteiger partial charge >= 0.3 is 0 Å². The lowest BCUT2D eigenvalue weighted by atomic mass is 10.1. The van der Waals surface area contributed by atoms with Crippen LogP contribution in [0.2, 0.25) is 0 Å². The van der Waals surface area contributed by atoms with E-state index in [0.29, 0.717) is 29.4 Å². The van der Waals surface area contributed by atoms with Crippen LogP contribution in [0.15, 0.2) is 41.1 Å². The van der Waals surface area contributed by atoms with Crippen LogP contribution < -0.4 is 5.73 Å². The minimum Gasteiger partial charge on any atom is -0.334 e. The van der Waals surface area contributed by atoms with Gasteiger partial charge in [0.2, 0.25) is 5.82 Å². The van der Waals surface area contributed by atoms with Crippen molar-refractivity contribution in [3.8, 4) is 22.8 Å². The van der Waals surface area contributed by atoms with E-state index in [0.717, 1.165) is 11.3 Å². The van der Waals surface area contributed by atoms with Crippen LogP contribution >= 0.6 is 0 Å². The third-order valence-electron chi connectivity index (χ3n) is 3.13. The molecule has 0 bridgehead atoms. The van der Waals surface area contributed by atoms with E-state index in [9.17, 15) is 4.39 Å². The van der Waals surface area contributed by atoms with Crippen molar-refractivity contribution >= 4 is 0 Å². The summed E-state index contributed by atoms with van der Waals surface area (Å²) in [6, 6.07) is 8.37. The highest BCUT2D eigenvalue weighted by molar-refractivity contribution is 5.60. The van der Waals surface area contributed by atoms with Gasteiger partial charge < -0.3 is 10.3 Å². The number of aromatic nitrogens is 3. The molecule has 0 amide bonds. The number of hydrogen-bond acceptors (Lipinski definition) is 5. The van der Waals surface area contributed by atoms with Gasteiger partial charge in [-0.3, -0.25) is 4.98 Å². The predicted octanol–water partition coefficient (Wildman–Crippen LogP) is 2.70. The van der Waals surface area contributed by atoms with Crippen LogP contribution in [0.5, 0.6) is 0 Å². The molecule has 3 rings (SSSR count). The SMILES string of the molecule is Cc1ccc(-c2noc(-c3ccnc(CN)c3)n2)cc1F. The van der Waals surface area contributed by atoms with Gasteiger partial charge in [-0.15, -0.1) is 0 Å². The molecule has 0 unspecified atom stereocenters. The Bertz CT molecular complexity index is 785. The molecule has 2 aromatic heterocycles. The first-order chi connectivity index (χ1) is 10.2. The molecule has 0 radical (unpaired) electrons. The summed E-state index contributed by atoms with van der Waals surface area (Å²) in [7, 11) is 0. The summed E-state index contributed by atoms with van der Waals surface area (Å²) in [4.78, 5) is 8.39. The molecule has 2 N–H and O–H groups in total. The average Bonchev–Trinajstić information content (AvgIpc) is 3.00. The van der Waals surface area contributed by atoms with E-state index >= 15 is 0 Å². The smallest absolute Gasteiger partial charge is 0.258 e. The van der Waals surface area contributed by atoms with Crippen LogP contribution in [-0.4, -0.2) is 15.1 Å². The van der Waals surface area contributed by atoms with Gasteiger partial charge in [-0.1, -0.05) is 17.3 Å². The Balaban J connectivity index is 1.97. The second-order valence-electron chi connectivity index (χ2n) is 4.63. The maximum Gasteiger partial charge on any atom is 0.258 e. The second kappa shape index (κ2) is 5.41. The van der Waals surface area contributed by atoms with E-state index in [-0.39, 0.29) is 5.82 Å². The number of nitrogens with zero attached hydrogens (tertiary/aromatic N) is 3. The zero-order chi connectivity index (χ0) is 14.8. The quantitative estimate of drug-likeness (QED) is 0.800. The van der Waals surface area contributed by atoms with Crippen molar-refractivity contribution in [1.82, 2.24) is 15.1 Å². The highest BCUT2D eigenvalue weighted by atomic mass is 19.1. The van der Waals surface area contributed by atoms with E-state index < -0.39 is 0 Å². The zero-order valence-electron chi connectivity index (χ0n) is 11.4. The molecule has 0 saturated heterocycles. The molecule has 0 aliphatic rings. The normalized spacial score (nSPS) is 10.8. The summed E-state index contributed by atoms with van der Waals surface area (Å²) in [5.41, 5.74) is 8.16. The first-order valence-electron chi connectivity index (χ1n) is 6.43. The summed E-state index contributed by atoms with van der Waals surface area (Å²) in [5.74, 6) is 0.395. The topological polar surface area (TPSA) is 77.8 Å². The molecular weight excluding hydrogens is 271 g/mol. The van der Waals surface area contributed by atoms with Crippen molar-refractivity contribution in [2.45, 2.75) is 13.5 Å². The minimum atomic E-state index is -0.298. The zero-order valence-corrected chi connectivity index (χ0v) is 11.4. The lowest BCUT2D eigenvalue weighted by Gasteiger charge is -1.98. The summed E-state index contributed by atoms with van der Waals surface area (Å²) >= 11 is 0. The first kappa shape index (κ1) is 13.4. The summed E-state index contributed by atoms with van der Waals surface area (Å²) in [5, 5.41) is 3.88. The van der Waals surface area contributed by atoms with E-state index in [1.54, 1.807) is 37.4 Å². The number of nitrogens with two attached hydrogens (primary N) is 1. The highest BCUT2D eigenvalue weighted by Gasteiger charge is 2.12. The molecule has 0 aliphatic carbocycles. The van der Waals surface area contributed by atoms with Crippen LogP contribution in [0.1, 0.15) is 11.3 Å². The number of halogens is 1. The maximum atomic E-state index is 13.6. The van der Waals surface area contributed by atoms with Crippen LogP contribution in [0.4, 0.5) is 4.39 Å². The van der Waals surface area contributed by atoms with Gasteiger partial charge in [0.15, 0.2) is 0 Å². The van der Waals surface area contributed by atoms with Gasteiger partial charge in [-0.05, 0) is 30.7 Å². The van der Waals surface area contributed by atoms with Crippen LogP contribution in [-0.2, 0) is 6.54 Å². The fourth-order valence-corrected chi connectivity index (χ4v) is 1.91. The predicted molar refractivity (Wildman–Crippen MR) is 75.6 cm³/mol. The Morgan fingerprint density at radius 2 is 2.05 bits per heavy atom. The van der Waals surface area contributed by atoms with E-state index in [4.69, 9.17) is 10.3 Å². The largest absolute Gasteiger partial charge is 0.334 e. The minimum absolute atomic E-state index is 0.298. The Hall–Kier alpha value is -2.60. The van der Waals surface area contributed by atoms with Crippen LogP contribution in [0.3, 0.4) is 0 Å². The van der Waals surface area contributed by atoms with Crippen LogP contribution in [0.25, 0.3) is 22.8 Å². The number of pyridine rings is 1. The fraction of sp³-hybridized carbons (Fsp3) is 0.133. The molecule has 0 atom stereocenters.